The van der Waals surface area contributed by atoms with Crippen molar-refractivity contribution in [3.8, 4) is 10.6 Å². The third kappa shape index (κ3) is 1.48. The van der Waals surface area contributed by atoms with Gasteiger partial charge < -0.3 is 5.11 Å². The van der Waals surface area contributed by atoms with Crippen molar-refractivity contribution in [2.45, 2.75) is 6.61 Å². The highest BCUT2D eigenvalue weighted by atomic mass is 32.1. The van der Waals surface area contributed by atoms with Gasteiger partial charge in [-0.05, 0) is 12.1 Å². The number of rotatable bonds is 2. The van der Waals surface area contributed by atoms with Gasteiger partial charge in [0.05, 0.1) is 23.4 Å². The Kier molecular flexibility index (Phi) is 2.12. The molecule has 0 aromatic carbocycles. The molecule has 0 aliphatic rings. The average Bonchev–Trinajstić information content (AvgIpc) is 2.71. The summed E-state index contributed by atoms with van der Waals surface area (Å²) in [7, 11) is 1.85. The Labute approximate surface area is 79.4 Å². The summed E-state index contributed by atoms with van der Waals surface area (Å²) in [6.45, 7) is 0.0932. The summed E-state index contributed by atoms with van der Waals surface area (Å²) in [6.07, 6.45) is 1.72. The topological polar surface area (TPSA) is 50.9 Å². The number of aliphatic hydroxyl groups is 1. The van der Waals surface area contributed by atoms with Gasteiger partial charge in [0.15, 0.2) is 0 Å². The Morgan fingerprint density at radius 3 is 2.92 bits per heavy atom. The Morgan fingerprint density at radius 2 is 2.38 bits per heavy atom. The van der Waals surface area contributed by atoms with E-state index < -0.39 is 0 Å². The Hall–Kier alpha value is -1.20. The number of hydrogen-bond donors (Lipinski definition) is 1. The predicted molar refractivity (Wildman–Crippen MR) is 50.2 cm³/mol. The van der Waals surface area contributed by atoms with Crippen LogP contribution in [0.2, 0.25) is 0 Å². The van der Waals surface area contributed by atoms with Gasteiger partial charge in [0.2, 0.25) is 0 Å². The summed E-state index contributed by atoms with van der Waals surface area (Å²) in [5, 5.41) is 16.5. The van der Waals surface area contributed by atoms with Crippen molar-refractivity contribution in [1.29, 1.82) is 0 Å². The lowest BCUT2D eigenvalue weighted by atomic mass is 10.3. The van der Waals surface area contributed by atoms with Gasteiger partial charge in [-0.15, -0.1) is 16.4 Å². The van der Waals surface area contributed by atoms with Gasteiger partial charge in [-0.1, -0.05) is 5.21 Å². The molecule has 68 valence electrons. The smallest absolute Gasteiger partial charge is 0.0981 e. The Bertz CT molecular complexity index is 407. The highest BCUT2D eigenvalue weighted by Gasteiger charge is 2.06. The van der Waals surface area contributed by atoms with Crippen LogP contribution in [0.5, 0.6) is 0 Å². The van der Waals surface area contributed by atoms with Gasteiger partial charge in [0.1, 0.15) is 0 Å². The van der Waals surface area contributed by atoms with Gasteiger partial charge in [-0.2, -0.15) is 0 Å². The van der Waals surface area contributed by atoms with Crippen LogP contribution < -0.4 is 0 Å². The van der Waals surface area contributed by atoms with Crippen LogP contribution in [0.15, 0.2) is 18.3 Å². The molecule has 0 atom stereocenters. The molecular weight excluding hydrogens is 186 g/mol. The van der Waals surface area contributed by atoms with E-state index in [0.717, 1.165) is 15.4 Å². The first-order valence-corrected chi connectivity index (χ1v) is 4.67. The summed E-state index contributed by atoms with van der Waals surface area (Å²) in [5.74, 6) is 0. The molecule has 0 saturated carbocycles. The first-order valence-electron chi connectivity index (χ1n) is 3.86. The van der Waals surface area contributed by atoms with E-state index in [9.17, 15) is 0 Å². The highest BCUT2D eigenvalue weighted by Crippen LogP contribution is 2.26. The molecule has 0 bridgehead atoms. The second kappa shape index (κ2) is 3.27. The van der Waals surface area contributed by atoms with Crippen LogP contribution in [-0.4, -0.2) is 20.1 Å². The normalized spacial score (nSPS) is 10.6. The molecule has 0 saturated heterocycles. The van der Waals surface area contributed by atoms with E-state index >= 15 is 0 Å². The average molecular weight is 195 g/mol. The minimum Gasteiger partial charge on any atom is -0.391 e. The molecule has 5 heteroatoms. The molecule has 0 radical (unpaired) electrons. The van der Waals surface area contributed by atoms with Gasteiger partial charge in [-0.3, -0.25) is 0 Å². The van der Waals surface area contributed by atoms with Crippen molar-refractivity contribution in [2.75, 3.05) is 0 Å². The van der Waals surface area contributed by atoms with Crippen molar-refractivity contribution in [3.63, 3.8) is 0 Å². The zero-order valence-electron chi connectivity index (χ0n) is 7.14. The molecule has 0 fully saturated rings. The summed E-state index contributed by atoms with van der Waals surface area (Å²) in [6, 6.07) is 3.88. The number of aliphatic hydroxyl groups excluding tert-OH is 1. The number of hydrogen-bond acceptors (Lipinski definition) is 4. The van der Waals surface area contributed by atoms with E-state index in [-0.39, 0.29) is 6.61 Å². The monoisotopic (exact) mass is 195 g/mol. The van der Waals surface area contributed by atoms with E-state index in [1.807, 2.05) is 19.2 Å². The molecule has 13 heavy (non-hydrogen) atoms. The summed E-state index contributed by atoms with van der Waals surface area (Å²) in [4.78, 5) is 2.03. The van der Waals surface area contributed by atoms with Crippen LogP contribution in [0.1, 0.15) is 4.88 Å². The quantitative estimate of drug-likeness (QED) is 0.778. The fourth-order valence-corrected chi connectivity index (χ4v) is 2.02. The van der Waals surface area contributed by atoms with Crippen molar-refractivity contribution >= 4 is 11.3 Å². The van der Waals surface area contributed by atoms with Crippen molar-refractivity contribution < 1.29 is 5.11 Å². The van der Waals surface area contributed by atoms with Crippen molar-refractivity contribution in [3.05, 3.63) is 23.2 Å². The van der Waals surface area contributed by atoms with Gasteiger partial charge in [0, 0.05) is 11.9 Å². The van der Waals surface area contributed by atoms with Crippen molar-refractivity contribution in [1.82, 2.24) is 15.0 Å². The molecule has 0 amide bonds. The molecule has 2 aromatic rings. The molecule has 2 aromatic heterocycles. The molecule has 4 nitrogen and oxygen atoms in total. The number of aromatic nitrogens is 3. The van der Waals surface area contributed by atoms with Gasteiger partial charge in [-0.25, -0.2) is 4.68 Å². The fourth-order valence-electron chi connectivity index (χ4n) is 1.11. The van der Waals surface area contributed by atoms with E-state index in [1.54, 1.807) is 22.2 Å². The first kappa shape index (κ1) is 8.40. The lowest BCUT2D eigenvalue weighted by molar-refractivity contribution is 0.285. The lowest BCUT2D eigenvalue weighted by Crippen LogP contribution is -1.91. The molecule has 2 heterocycles. The minimum atomic E-state index is 0.0932. The van der Waals surface area contributed by atoms with Crippen LogP contribution >= 0.6 is 11.3 Å². The van der Waals surface area contributed by atoms with Crippen LogP contribution in [0.4, 0.5) is 0 Å². The predicted octanol–water partition coefficient (Wildman–Crippen LogP) is 1.04. The maximum atomic E-state index is 8.89. The van der Waals surface area contributed by atoms with Gasteiger partial charge in [0.25, 0.3) is 0 Å². The molecule has 0 unspecified atom stereocenters. The number of aryl methyl sites for hydroxylation is 1. The van der Waals surface area contributed by atoms with E-state index in [0.29, 0.717) is 0 Å². The fraction of sp³-hybridized carbons (Fsp3) is 0.250. The van der Waals surface area contributed by atoms with Gasteiger partial charge >= 0.3 is 0 Å². The van der Waals surface area contributed by atoms with E-state index in [4.69, 9.17) is 5.11 Å². The zero-order valence-corrected chi connectivity index (χ0v) is 7.95. The van der Waals surface area contributed by atoms with Crippen LogP contribution in [0, 0.1) is 0 Å². The zero-order chi connectivity index (χ0) is 9.26. The first-order chi connectivity index (χ1) is 6.31. The summed E-state index contributed by atoms with van der Waals surface area (Å²) in [5.41, 5.74) is 0.977. The number of nitrogens with zero attached hydrogens (tertiary/aromatic N) is 3. The maximum absolute atomic E-state index is 8.89. The van der Waals surface area contributed by atoms with Crippen LogP contribution in [0.25, 0.3) is 10.6 Å². The minimum absolute atomic E-state index is 0.0932. The Balaban J connectivity index is 2.41. The third-order valence-corrected chi connectivity index (χ3v) is 2.88. The highest BCUT2D eigenvalue weighted by molar-refractivity contribution is 7.15. The summed E-state index contributed by atoms with van der Waals surface area (Å²) < 4.78 is 1.72. The molecule has 0 spiro atoms. The molecule has 0 aliphatic carbocycles. The summed E-state index contributed by atoms with van der Waals surface area (Å²) >= 11 is 1.55. The largest absolute Gasteiger partial charge is 0.391 e. The molecule has 2 rings (SSSR count). The van der Waals surface area contributed by atoms with E-state index in [1.165, 1.54) is 0 Å². The van der Waals surface area contributed by atoms with Crippen molar-refractivity contribution in [2.24, 2.45) is 7.05 Å². The van der Waals surface area contributed by atoms with Crippen LogP contribution in [-0.2, 0) is 13.7 Å². The number of thiophene rings is 1. The SMILES string of the molecule is Cn1nncc1-c1ccc(CO)s1. The lowest BCUT2D eigenvalue weighted by Gasteiger charge is -1.94. The Morgan fingerprint density at radius 1 is 1.54 bits per heavy atom. The second-order valence-corrected chi connectivity index (χ2v) is 3.84. The molecule has 0 aliphatic heterocycles. The van der Waals surface area contributed by atoms with Crippen LogP contribution in [0.3, 0.4) is 0 Å². The van der Waals surface area contributed by atoms with E-state index in [2.05, 4.69) is 10.3 Å². The second-order valence-electron chi connectivity index (χ2n) is 2.67. The third-order valence-electron chi connectivity index (χ3n) is 1.78. The standard InChI is InChI=1S/C8H9N3OS/c1-11-7(4-9-10-11)8-3-2-6(5-12)13-8/h2-4,12H,5H2,1H3. The maximum Gasteiger partial charge on any atom is 0.0981 e. The molecular formula is C8H9N3OS. The molecule has 1 N–H and O–H groups in total.